The van der Waals surface area contributed by atoms with Crippen molar-refractivity contribution in [3.8, 4) is 0 Å². The van der Waals surface area contributed by atoms with Gasteiger partial charge in [0, 0.05) is 11.1 Å². The Morgan fingerprint density at radius 2 is 1.54 bits per heavy atom. The molecule has 0 fully saturated rings. The van der Waals surface area contributed by atoms with E-state index in [0.29, 0.717) is 5.54 Å². The molecule has 126 valence electrons. The first-order chi connectivity index (χ1) is 11.3. The van der Waals surface area contributed by atoms with Crippen LogP contribution in [0.1, 0.15) is 43.0 Å². The van der Waals surface area contributed by atoms with Gasteiger partial charge in [-0.15, -0.1) is 0 Å². The molecule has 0 saturated carbocycles. The van der Waals surface area contributed by atoms with Crippen LogP contribution in [0.15, 0.2) is 60.2 Å². The number of hydrogen-bond acceptors (Lipinski definition) is 1. The van der Waals surface area contributed by atoms with Crippen LogP contribution < -0.4 is 4.98 Å². The normalized spacial score (nSPS) is 17.5. The second kappa shape index (κ2) is 6.34. The first-order valence-corrected chi connectivity index (χ1v) is 12.0. The molecule has 1 N–H and O–H groups in total. The summed E-state index contributed by atoms with van der Waals surface area (Å²) in [5.41, 5.74) is 6.57. The zero-order valence-corrected chi connectivity index (χ0v) is 16.6. The number of fused-ring (bicyclic) bond motifs is 1. The number of nitrogens with one attached hydrogen (secondary N) is 1. The summed E-state index contributed by atoms with van der Waals surface area (Å²) >= 11 is 0. The smallest absolute Gasteiger partial charge is 0.131 e. The summed E-state index contributed by atoms with van der Waals surface area (Å²) in [5, 5.41) is 0. The molecule has 1 nitrogen and oxygen atoms in total. The molecule has 1 aliphatic carbocycles. The van der Waals surface area contributed by atoms with Gasteiger partial charge in [-0.25, -0.2) is 0 Å². The van der Waals surface area contributed by atoms with Crippen molar-refractivity contribution in [1.29, 1.82) is 0 Å². The Hall–Kier alpha value is -1.64. The molecule has 0 saturated heterocycles. The van der Waals surface area contributed by atoms with Crippen molar-refractivity contribution in [1.82, 2.24) is 4.98 Å². The lowest BCUT2D eigenvalue weighted by molar-refractivity contribution is 0.508. The van der Waals surface area contributed by atoms with Gasteiger partial charge in [0.1, 0.15) is 8.24 Å². The average molecular weight is 336 g/mol. The SMILES string of the molecule is CC(C)(C)N[Si](C)(C)C1C(Cc2ccccc2)=Cc2ccccc21. The maximum Gasteiger partial charge on any atom is 0.131 e. The topological polar surface area (TPSA) is 12.0 Å². The molecular weight excluding hydrogens is 306 g/mol. The average Bonchev–Trinajstić information content (AvgIpc) is 2.84. The molecule has 2 heteroatoms. The molecule has 2 aromatic carbocycles. The number of rotatable bonds is 4. The van der Waals surface area contributed by atoms with Gasteiger partial charge in [0.05, 0.1) is 0 Å². The van der Waals surface area contributed by atoms with Gasteiger partial charge in [-0.2, -0.15) is 0 Å². The largest absolute Gasteiger partial charge is 0.332 e. The standard InChI is InChI=1S/C22H29NSi/c1-22(2,3)23-24(4,5)21-19(15-17-11-7-6-8-12-17)16-18-13-9-10-14-20(18)21/h6-14,16,21,23H,15H2,1-5H3. The van der Waals surface area contributed by atoms with E-state index in [2.05, 4.69) is 99.5 Å². The van der Waals surface area contributed by atoms with Crippen LogP contribution in [0.5, 0.6) is 0 Å². The Balaban J connectivity index is 1.98. The third-order valence-corrected chi connectivity index (χ3v) is 8.21. The van der Waals surface area contributed by atoms with E-state index in [0.717, 1.165) is 6.42 Å². The third kappa shape index (κ3) is 3.71. The molecule has 2 aromatic rings. The van der Waals surface area contributed by atoms with Crippen LogP contribution in [0.4, 0.5) is 0 Å². The Morgan fingerprint density at radius 3 is 2.21 bits per heavy atom. The van der Waals surface area contributed by atoms with Crippen LogP contribution in [0.25, 0.3) is 6.08 Å². The predicted octanol–water partition coefficient (Wildman–Crippen LogP) is 5.54. The summed E-state index contributed by atoms with van der Waals surface area (Å²) in [4.78, 5) is 3.99. The zero-order chi connectivity index (χ0) is 17.4. The summed E-state index contributed by atoms with van der Waals surface area (Å²) in [6.07, 6.45) is 3.48. The molecule has 0 aromatic heterocycles. The van der Waals surface area contributed by atoms with Crippen molar-refractivity contribution in [3.63, 3.8) is 0 Å². The lowest BCUT2D eigenvalue weighted by Crippen LogP contribution is -2.58. The fourth-order valence-electron chi connectivity index (χ4n) is 4.26. The maximum atomic E-state index is 3.99. The lowest BCUT2D eigenvalue weighted by atomic mass is 10.0. The van der Waals surface area contributed by atoms with E-state index in [-0.39, 0.29) is 5.54 Å². The molecule has 3 rings (SSSR count). The molecule has 0 spiro atoms. The summed E-state index contributed by atoms with van der Waals surface area (Å²) < 4.78 is 0. The van der Waals surface area contributed by atoms with Crippen LogP contribution in [0.3, 0.4) is 0 Å². The van der Waals surface area contributed by atoms with Crippen molar-refractivity contribution in [2.45, 2.75) is 51.4 Å². The second-order valence-electron chi connectivity index (χ2n) is 8.54. The number of benzene rings is 2. The van der Waals surface area contributed by atoms with Gasteiger partial charge >= 0.3 is 0 Å². The van der Waals surface area contributed by atoms with Crippen molar-refractivity contribution < 1.29 is 0 Å². The zero-order valence-electron chi connectivity index (χ0n) is 15.6. The van der Waals surface area contributed by atoms with Crippen LogP contribution in [-0.2, 0) is 6.42 Å². The molecule has 24 heavy (non-hydrogen) atoms. The third-order valence-electron chi connectivity index (χ3n) is 4.69. The van der Waals surface area contributed by atoms with E-state index in [4.69, 9.17) is 0 Å². The minimum atomic E-state index is -1.69. The Bertz CT molecular complexity index is 738. The molecular formula is C22H29NSi. The molecule has 1 aliphatic rings. The highest BCUT2D eigenvalue weighted by atomic mass is 28.3. The molecule has 1 unspecified atom stereocenters. The van der Waals surface area contributed by atoms with Crippen LogP contribution in [0, 0.1) is 0 Å². The van der Waals surface area contributed by atoms with Gasteiger partial charge in [0.15, 0.2) is 0 Å². The summed E-state index contributed by atoms with van der Waals surface area (Å²) in [7, 11) is -1.69. The number of hydrogen-bond donors (Lipinski definition) is 1. The molecule has 1 atom stereocenters. The van der Waals surface area contributed by atoms with E-state index in [1.807, 2.05) is 0 Å². The highest BCUT2D eigenvalue weighted by molar-refractivity contribution is 6.77. The number of allylic oxidation sites excluding steroid dienone is 1. The predicted molar refractivity (Wildman–Crippen MR) is 108 cm³/mol. The second-order valence-corrected chi connectivity index (χ2v) is 12.8. The molecule has 0 aliphatic heterocycles. The minimum absolute atomic E-state index is 0.144. The van der Waals surface area contributed by atoms with Crippen LogP contribution >= 0.6 is 0 Å². The highest BCUT2D eigenvalue weighted by Gasteiger charge is 2.41. The van der Waals surface area contributed by atoms with E-state index >= 15 is 0 Å². The van der Waals surface area contributed by atoms with Crippen molar-refractivity contribution >= 4 is 14.3 Å². The van der Waals surface area contributed by atoms with E-state index in [1.54, 1.807) is 5.57 Å². The van der Waals surface area contributed by atoms with Gasteiger partial charge in [-0.1, -0.05) is 79.3 Å². The Labute approximate surface area is 147 Å². The van der Waals surface area contributed by atoms with Crippen molar-refractivity contribution in [2.24, 2.45) is 0 Å². The van der Waals surface area contributed by atoms with Gasteiger partial charge in [0.2, 0.25) is 0 Å². The lowest BCUT2D eigenvalue weighted by Gasteiger charge is -2.39. The Kier molecular flexibility index (Phi) is 4.54. The van der Waals surface area contributed by atoms with Crippen LogP contribution in [0.2, 0.25) is 13.1 Å². The quantitative estimate of drug-likeness (QED) is 0.723. The van der Waals surface area contributed by atoms with E-state index in [1.165, 1.54) is 16.7 Å². The Morgan fingerprint density at radius 1 is 0.917 bits per heavy atom. The molecule has 0 radical (unpaired) electrons. The van der Waals surface area contributed by atoms with Gasteiger partial charge < -0.3 is 4.98 Å². The monoisotopic (exact) mass is 335 g/mol. The summed E-state index contributed by atoms with van der Waals surface area (Å²) in [6.45, 7) is 11.8. The van der Waals surface area contributed by atoms with E-state index < -0.39 is 8.24 Å². The van der Waals surface area contributed by atoms with Crippen molar-refractivity contribution in [3.05, 3.63) is 76.9 Å². The van der Waals surface area contributed by atoms with Gasteiger partial charge in [-0.3, -0.25) is 0 Å². The fourth-order valence-corrected chi connectivity index (χ4v) is 8.49. The van der Waals surface area contributed by atoms with Crippen LogP contribution in [-0.4, -0.2) is 13.8 Å². The first kappa shape index (κ1) is 17.2. The maximum absolute atomic E-state index is 3.99. The highest BCUT2D eigenvalue weighted by Crippen LogP contribution is 2.43. The minimum Gasteiger partial charge on any atom is -0.332 e. The van der Waals surface area contributed by atoms with Crippen molar-refractivity contribution in [2.75, 3.05) is 0 Å². The summed E-state index contributed by atoms with van der Waals surface area (Å²) in [6, 6.07) is 19.8. The van der Waals surface area contributed by atoms with E-state index in [9.17, 15) is 0 Å². The summed E-state index contributed by atoms with van der Waals surface area (Å²) in [5.74, 6) is 0. The molecule has 0 bridgehead atoms. The fraction of sp³-hybridized carbons (Fsp3) is 0.364. The molecule has 0 heterocycles. The van der Waals surface area contributed by atoms with Gasteiger partial charge in [-0.05, 0) is 43.9 Å². The first-order valence-electron chi connectivity index (χ1n) is 8.89. The molecule has 0 amide bonds. The van der Waals surface area contributed by atoms with Gasteiger partial charge in [0.25, 0.3) is 0 Å².